The normalized spacial score (nSPS) is 35.4. The number of thioether (sulfide) groups is 1. The van der Waals surface area contributed by atoms with E-state index in [1.165, 1.54) is 25.1 Å². The van der Waals surface area contributed by atoms with Crippen molar-refractivity contribution in [3.63, 3.8) is 0 Å². The van der Waals surface area contributed by atoms with Crippen molar-refractivity contribution in [2.24, 2.45) is 17.8 Å². The molecule has 0 aromatic heterocycles. The monoisotopic (exact) mass is 330 g/mol. The molecule has 1 saturated carbocycles. The molecule has 2 aliphatic rings. The topological polar surface area (TPSA) is 61.8 Å². The number of ether oxygens (including phenoxy) is 3. The summed E-state index contributed by atoms with van der Waals surface area (Å²) in [5.41, 5.74) is -0.686. The highest BCUT2D eigenvalue weighted by molar-refractivity contribution is 8.00. The summed E-state index contributed by atoms with van der Waals surface area (Å²) < 4.78 is 16.2. The lowest BCUT2D eigenvalue weighted by Gasteiger charge is -2.37. The molecular weight excluding hydrogens is 304 g/mol. The Balaban J connectivity index is 1.88. The molecule has 5 nitrogen and oxygen atoms in total. The van der Waals surface area contributed by atoms with Gasteiger partial charge in [0.25, 0.3) is 0 Å². The van der Waals surface area contributed by atoms with E-state index in [1.807, 2.05) is 0 Å². The van der Waals surface area contributed by atoms with Gasteiger partial charge in [0.2, 0.25) is 11.7 Å². The first-order valence-electron chi connectivity index (χ1n) is 8.01. The van der Waals surface area contributed by atoms with E-state index in [1.54, 1.807) is 0 Å². The van der Waals surface area contributed by atoms with Gasteiger partial charge in [-0.05, 0) is 30.6 Å². The number of carbonyl (C=O) groups is 2. The van der Waals surface area contributed by atoms with E-state index in [0.29, 0.717) is 23.5 Å². The Bertz CT molecular complexity index is 411. The molecule has 126 valence electrons. The third-order valence-electron chi connectivity index (χ3n) is 4.38. The van der Waals surface area contributed by atoms with E-state index in [0.717, 1.165) is 12.8 Å². The Morgan fingerprint density at radius 1 is 1.23 bits per heavy atom. The minimum Gasteiger partial charge on any atom is -0.459 e. The predicted octanol–water partition coefficient (Wildman–Crippen LogP) is 2.97. The molecule has 1 aliphatic carbocycles. The maximum absolute atomic E-state index is 12.3. The van der Waals surface area contributed by atoms with Crippen LogP contribution in [0.3, 0.4) is 0 Å². The molecule has 0 bridgehead atoms. The van der Waals surface area contributed by atoms with Crippen LogP contribution >= 0.6 is 11.8 Å². The number of rotatable bonds is 4. The molecule has 6 heteroatoms. The standard InChI is InChI=1S/C16H26O5S/c1-9(2)12-6-5-10(3)7-13(12)20-15(18)16-21-14(8-22-16)19-11(4)17/h9-10,12-14,16H,5-8H2,1-4H3/t10-,12?,13?,14+,16+/m1/s1. The Morgan fingerprint density at radius 3 is 2.59 bits per heavy atom. The van der Waals surface area contributed by atoms with Crippen LogP contribution < -0.4 is 0 Å². The van der Waals surface area contributed by atoms with Crippen molar-refractivity contribution in [2.75, 3.05) is 5.75 Å². The van der Waals surface area contributed by atoms with E-state index < -0.39 is 17.7 Å². The lowest BCUT2D eigenvalue weighted by atomic mass is 9.75. The summed E-state index contributed by atoms with van der Waals surface area (Å²) in [4.78, 5) is 23.2. The SMILES string of the molecule is CC(=O)O[C@@H]1CS[C@@H](C(=O)OC2C[C@H](C)CCC2C(C)C)O1. The van der Waals surface area contributed by atoms with Crippen LogP contribution in [0.25, 0.3) is 0 Å². The molecule has 1 saturated heterocycles. The number of carbonyl (C=O) groups excluding carboxylic acids is 2. The number of esters is 2. The fraction of sp³-hybridized carbons (Fsp3) is 0.875. The van der Waals surface area contributed by atoms with E-state index in [2.05, 4.69) is 20.8 Å². The van der Waals surface area contributed by atoms with Crippen molar-refractivity contribution in [3.8, 4) is 0 Å². The highest BCUT2D eigenvalue weighted by atomic mass is 32.2. The molecule has 0 spiro atoms. The second kappa shape index (κ2) is 7.68. The van der Waals surface area contributed by atoms with Gasteiger partial charge in [-0.25, -0.2) is 4.79 Å². The summed E-state index contributed by atoms with van der Waals surface area (Å²) in [6.45, 7) is 7.89. The third-order valence-corrected chi connectivity index (χ3v) is 5.45. The second-order valence-corrected chi connectivity index (χ2v) is 7.74. The van der Waals surface area contributed by atoms with Gasteiger partial charge in [0, 0.05) is 6.92 Å². The van der Waals surface area contributed by atoms with Crippen LogP contribution in [0.2, 0.25) is 0 Å². The molecule has 0 aromatic carbocycles. The average molecular weight is 330 g/mol. The summed E-state index contributed by atoms with van der Waals surface area (Å²) in [6.07, 6.45) is 2.53. The molecule has 2 rings (SSSR count). The van der Waals surface area contributed by atoms with Crippen molar-refractivity contribution in [1.82, 2.24) is 0 Å². The number of hydrogen-bond acceptors (Lipinski definition) is 6. The molecule has 22 heavy (non-hydrogen) atoms. The maximum atomic E-state index is 12.3. The Morgan fingerprint density at radius 2 is 1.95 bits per heavy atom. The fourth-order valence-electron chi connectivity index (χ4n) is 3.21. The van der Waals surface area contributed by atoms with Crippen molar-refractivity contribution < 1.29 is 23.8 Å². The average Bonchev–Trinajstić information content (AvgIpc) is 2.86. The molecule has 2 unspecified atom stereocenters. The first-order valence-corrected chi connectivity index (χ1v) is 9.06. The van der Waals surface area contributed by atoms with E-state index in [4.69, 9.17) is 14.2 Å². The number of hydrogen-bond donors (Lipinski definition) is 0. The Kier molecular flexibility index (Phi) is 6.15. The second-order valence-electron chi connectivity index (χ2n) is 6.64. The molecule has 0 amide bonds. The summed E-state index contributed by atoms with van der Waals surface area (Å²) in [5, 5.41) is 0. The molecule has 0 aromatic rings. The lowest BCUT2D eigenvalue weighted by molar-refractivity contribution is -0.185. The lowest BCUT2D eigenvalue weighted by Crippen LogP contribution is -2.38. The van der Waals surface area contributed by atoms with Crippen molar-refractivity contribution in [2.45, 2.75) is 64.8 Å². The zero-order valence-corrected chi connectivity index (χ0v) is 14.6. The van der Waals surface area contributed by atoms with Gasteiger partial charge in [-0.15, -0.1) is 11.8 Å². The zero-order valence-electron chi connectivity index (χ0n) is 13.7. The maximum Gasteiger partial charge on any atom is 0.346 e. The van der Waals surface area contributed by atoms with Crippen LogP contribution in [-0.4, -0.2) is 35.5 Å². The van der Waals surface area contributed by atoms with Gasteiger partial charge in [-0.2, -0.15) is 0 Å². The molecular formula is C16H26O5S. The van der Waals surface area contributed by atoms with E-state index >= 15 is 0 Å². The van der Waals surface area contributed by atoms with Gasteiger partial charge >= 0.3 is 11.9 Å². The van der Waals surface area contributed by atoms with Crippen molar-refractivity contribution in [3.05, 3.63) is 0 Å². The highest BCUT2D eigenvalue weighted by Gasteiger charge is 2.39. The minimum atomic E-state index is -0.686. The van der Waals surface area contributed by atoms with Crippen LogP contribution in [0.4, 0.5) is 0 Å². The van der Waals surface area contributed by atoms with Crippen LogP contribution in [0.1, 0.15) is 47.0 Å². The summed E-state index contributed by atoms with van der Waals surface area (Å²) in [5.74, 6) is 1.21. The molecule has 1 heterocycles. The highest BCUT2D eigenvalue weighted by Crippen LogP contribution is 2.36. The van der Waals surface area contributed by atoms with Crippen LogP contribution in [-0.2, 0) is 23.8 Å². The van der Waals surface area contributed by atoms with Gasteiger partial charge < -0.3 is 14.2 Å². The van der Waals surface area contributed by atoms with E-state index in [-0.39, 0.29) is 12.1 Å². The van der Waals surface area contributed by atoms with Crippen LogP contribution in [0.5, 0.6) is 0 Å². The van der Waals surface area contributed by atoms with E-state index in [9.17, 15) is 9.59 Å². The summed E-state index contributed by atoms with van der Waals surface area (Å²) in [6, 6.07) is 0. The van der Waals surface area contributed by atoms with Gasteiger partial charge in [0.05, 0.1) is 5.75 Å². The largest absolute Gasteiger partial charge is 0.459 e. The van der Waals surface area contributed by atoms with Crippen molar-refractivity contribution in [1.29, 1.82) is 0 Å². The quantitative estimate of drug-likeness (QED) is 0.739. The molecule has 0 N–H and O–H groups in total. The van der Waals surface area contributed by atoms with Gasteiger partial charge in [0.15, 0.2) is 0 Å². The fourth-order valence-corrected chi connectivity index (χ4v) is 4.08. The zero-order chi connectivity index (χ0) is 16.3. The molecule has 1 aliphatic heterocycles. The first kappa shape index (κ1) is 17.6. The predicted molar refractivity (Wildman–Crippen MR) is 84.1 cm³/mol. The summed E-state index contributed by atoms with van der Waals surface area (Å²) >= 11 is 1.33. The smallest absolute Gasteiger partial charge is 0.346 e. The van der Waals surface area contributed by atoms with Gasteiger partial charge in [0.1, 0.15) is 6.10 Å². The molecule has 5 atom stereocenters. The molecule has 0 radical (unpaired) electrons. The molecule has 2 fully saturated rings. The summed E-state index contributed by atoms with van der Waals surface area (Å²) in [7, 11) is 0. The van der Waals surface area contributed by atoms with Gasteiger partial charge in [-0.3, -0.25) is 4.79 Å². The van der Waals surface area contributed by atoms with Crippen molar-refractivity contribution >= 4 is 23.7 Å². The Labute approximate surface area is 136 Å². The first-order chi connectivity index (χ1) is 10.4. The van der Waals surface area contributed by atoms with Crippen LogP contribution in [0, 0.1) is 17.8 Å². The third kappa shape index (κ3) is 4.62. The van der Waals surface area contributed by atoms with Crippen LogP contribution in [0.15, 0.2) is 0 Å². The minimum absolute atomic E-state index is 0.0341. The Hall–Kier alpha value is -0.750. The van der Waals surface area contributed by atoms with Gasteiger partial charge in [-0.1, -0.05) is 27.2 Å².